The third-order valence-electron chi connectivity index (χ3n) is 3.63. The molecule has 1 amide bonds. The fourth-order valence-electron chi connectivity index (χ4n) is 2.63. The summed E-state index contributed by atoms with van der Waals surface area (Å²) in [6, 6.07) is 0.128. The van der Waals surface area contributed by atoms with Gasteiger partial charge in [-0.15, -0.1) is 0 Å². The minimum Gasteiger partial charge on any atom is -0.342 e. The zero-order valence-corrected chi connectivity index (χ0v) is 12.2. The van der Waals surface area contributed by atoms with Gasteiger partial charge in [0.2, 0.25) is 5.91 Å². The minimum atomic E-state index is 0.128. The molecule has 1 rings (SSSR count). The maximum Gasteiger partial charge on any atom is 0.222 e. The van der Waals surface area contributed by atoms with Crippen LogP contribution >= 0.6 is 0 Å². The highest BCUT2D eigenvalue weighted by Crippen LogP contribution is 2.18. The molecule has 0 aromatic rings. The Hall–Kier alpha value is -0.610. The van der Waals surface area contributed by atoms with Crippen LogP contribution in [0.3, 0.4) is 0 Å². The number of carbonyl (C=O) groups is 1. The van der Waals surface area contributed by atoms with E-state index in [0.717, 1.165) is 39.0 Å². The van der Waals surface area contributed by atoms with Gasteiger partial charge in [0.05, 0.1) is 0 Å². The molecular formula is C14H29N3O. The molecule has 4 nitrogen and oxygen atoms in total. The van der Waals surface area contributed by atoms with E-state index in [9.17, 15) is 4.79 Å². The van der Waals surface area contributed by atoms with Crippen LogP contribution in [0, 0.1) is 5.92 Å². The first-order valence-corrected chi connectivity index (χ1v) is 7.24. The van der Waals surface area contributed by atoms with Crippen LogP contribution in [0.15, 0.2) is 0 Å². The maximum atomic E-state index is 12.0. The van der Waals surface area contributed by atoms with Crippen LogP contribution in [-0.2, 0) is 4.79 Å². The molecular weight excluding hydrogens is 226 g/mol. The Labute approximate surface area is 111 Å². The Morgan fingerprint density at radius 1 is 1.56 bits per heavy atom. The van der Waals surface area contributed by atoms with Gasteiger partial charge in [-0.2, -0.15) is 0 Å². The number of nitrogens with two attached hydrogens (primary N) is 1. The lowest BCUT2D eigenvalue weighted by atomic mass is 10.1. The summed E-state index contributed by atoms with van der Waals surface area (Å²) < 4.78 is 0. The molecule has 0 bridgehead atoms. The van der Waals surface area contributed by atoms with Gasteiger partial charge in [-0.25, -0.2) is 0 Å². The second kappa shape index (κ2) is 7.74. The predicted molar refractivity (Wildman–Crippen MR) is 75.4 cm³/mol. The number of nitrogens with zero attached hydrogens (tertiary/aromatic N) is 2. The molecule has 1 aliphatic heterocycles. The van der Waals surface area contributed by atoms with E-state index >= 15 is 0 Å². The van der Waals surface area contributed by atoms with Crippen molar-refractivity contribution in [1.82, 2.24) is 9.80 Å². The van der Waals surface area contributed by atoms with E-state index in [-0.39, 0.29) is 11.9 Å². The van der Waals surface area contributed by atoms with Crippen molar-refractivity contribution in [2.45, 2.75) is 45.6 Å². The smallest absolute Gasteiger partial charge is 0.222 e. The molecule has 0 aromatic heterocycles. The predicted octanol–water partition coefficient (Wildman–Crippen LogP) is 1.30. The monoisotopic (exact) mass is 255 g/mol. The van der Waals surface area contributed by atoms with Crippen molar-refractivity contribution >= 4 is 5.91 Å². The van der Waals surface area contributed by atoms with Crippen molar-refractivity contribution in [3.63, 3.8) is 0 Å². The summed E-state index contributed by atoms with van der Waals surface area (Å²) in [5, 5.41) is 0. The second-order valence-corrected chi connectivity index (χ2v) is 5.77. The molecule has 18 heavy (non-hydrogen) atoms. The number of likely N-dealkylation sites (tertiary alicyclic amines) is 1. The van der Waals surface area contributed by atoms with E-state index in [2.05, 4.69) is 18.9 Å². The van der Waals surface area contributed by atoms with Gasteiger partial charge in [0, 0.05) is 32.1 Å². The molecule has 2 unspecified atom stereocenters. The number of rotatable bonds is 7. The number of hydrogen-bond acceptors (Lipinski definition) is 3. The van der Waals surface area contributed by atoms with Gasteiger partial charge >= 0.3 is 0 Å². The van der Waals surface area contributed by atoms with Crippen LogP contribution < -0.4 is 5.73 Å². The summed E-state index contributed by atoms with van der Waals surface area (Å²) in [7, 11) is 2.17. The van der Waals surface area contributed by atoms with Crippen molar-refractivity contribution in [2.24, 2.45) is 11.7 Å². The molecule has 0 radical (unpaired) electrons. The lowest BCUT2D eigenvalue weighted by Crippen LogP contribution is -2.32. The quantitative estimate of drug-likeness (QED) is 0.746. The second-order valence-electron chi connectivity index (χ2n) is 5.77. The molecule has 1 heterocycles. The van der Waals surface area contributed by atoms with Gasteiger partial charge < -0.3 is 15.5 Å². The van der Waals surface area contributed by atoms with Crippen LogP contribution in [0.4, 0.5) is 0 Å². The van der Waals surface area contributed by atoms with Crippen LogP contribution in [0.25, 0.3) is 0 Å². The molecule has 0 aliphatic carbocycles. The first-order chi connectivity index (χ1) is 8.52. The van der Waals surface area contributed by atoms with Crippen molar-refractivity contribution in [2.75, 3.05) is 33.2 Å². The molecule has 2 N–H and O–H groups in total. The third kappa shape index (κ3) is 5.36. The van der Waals surface area contributed by atoms with E-state index < -0.39 is 0 Å². The molecule has 4 heteroatoms. The Morgan fingerprint density at radius 3 is 2.89 bits per heavy atom. The summed E-state index contributed by atoms with van der Waals surface area (Å²) >= 11 is 0. The van der Waals surface area contributed by atoms with Gasteiger partial charge in [-0.1, -0.05) is 6.92 Å². The first-order valence-electron chi connectivity index (χ1n) is 7.24. The number of hydrogen-bond donors (Lipinski definition) is 1. The van der Waals surface area contributed by atoms with Crippen molar-refractivity contribution < 1.29 is 4.79 Å². The summed E-state index contributed by atoms with van der Waals surface area (Å²) in [6.45, 7) is 8.29. The Balaban J connectivity index is 2.25. The van der Waals surface area contributed by atoms with Crippen LogP contribution in [0.5, 0.6) is 0 Å². The highest BCUT2D eigenvalue weighted by molar-refractivity contribution is 5.76. The molecule has 106 valence electrons. The van der Waals surface area contributed by atoms with Gasteiger partial charge in [0.1, 0.15) is 0 Å². The van der Waals surface area contributed by atoms with E-state index in [1.165, 1.54) is 6.42 Å². The normalized spacial score (nSPS) is 21.6. The molecule has 0 aromatic carbocycles. The van der Waals surface area contributed by atoms with Crippen LogP contribution in [0.1, 0.15) is 39.5 Å². The fourth-order valence-corrected chi connectivity index (χ4v) is 2.63. The lowest BCUT2D eigenvalue weighted by Gasteiger charge is -2.21. The Morgan fingerprint density at radius 2 is 2.28 bits per heavy atom. The van der Waals surface area contributed by atoms with Crippen molar-refractivity contribution in [3.8, 4) is 0 Å². The molecule has 1 aliphatic rings. The van der Waals surface area contributed by atoms with Crippen molar-refractivity contribution in [1.29, 1.82) is 0 Å². The minimum absolute atomic E-state index is 0.128. The van der Waals surface area contributed by atoms with Crippen LogP contribution in [-0.4, -0.2) is 55.0 Å². The van der Waals surface area contributed by atoms with Gasteiger partial charge in [0.25, 0.3) is 0 Å². The lowest BCUT2D eigenvalue weighted by molar-refractivity contribution is -0.130. The number of amides is 1. The highest BCUT2D eigenvalue weighted by atomic mass is 16.2. The Kier molecular flexibility index (Phi) is 6.65. The highest BCUT2D eigenvalue weighted by Gasteiger charge is 2.26. The number of carbonyl (C=O) groups excluding carboxylic acids is 1. The summed E-state index contributed by atoms with van der Waals surface area (Å²) in [5.41, 5.74) is 5.69. The van der Waals surface area contributed by atoms with Crippen LogP contribution in [0.2, 0.25) is 0 Å². The Bertz CT molecular complexity index is 255. The SMILES string of the molecule is CCCN(C)CC1CCN(C(=O)CCC(C)N)C1. The van der Waals surface area contributed by atoms with E-state index in [4.69, 9.17) is 5.73 Å². The zero-order chi connectivity index (χ0) is 13.5. The van der Waals surface area contributed by atoms with Gasteiger partial charge in [-0.05, 0) is 45.7 Å². The van der Waals surface area contributed by atoms with Gasteiger partial charge in [0.15, 0.2) is 0 Å². The average Bonchev–Trinajstić information content (AvgIpc) is 2.74. The largest absolute Gasteiger partial charge is 0.342 e. The standard InChI is InChI=1S/C14H29N3O/c1-4-8-16(3)10-13-7-9-17(11-13)14(18)6-5-12(2)15/h12-13H,4-11,15H2,1-3H3. The maximum absolute atomic E-state index is 12.0. The van der Waals surface area contributed by atoms with E-state index in [1.807, 2.05) is 11.8 Å². The topological polar surface area (TPSA) is 49.6 Å². The van der Waals surface area contributed by atoms with E-state index in [0.29, 0.717) is 12.3 Å². The summed E-state index contributed by atoms with van der Waals surface area (Å²) in [5.74, 6) is 0.939. The van der Waals surface area contributed by atoms with Crippen molar-refractivity contribution in [3.05, 3.63) is 0 Å². The molecule has 1 fully saturated rings. The molecule has 0 saturated carbocycles. The molecule has 2 atom stereocenters. The average molecular weight is 255 g/mol. The third-order valence-corrected chi connectivity index (χ3v) is 3.63. The zero-order valence-electron chi connectivity index (χ0n) is 12.2. The summed E-state index contributed by atoms with van der Waals surface area (Å²) in [4.78, 5) is 16.4. The fraction of sp³-hybridized carbons (Fsp3) is 0.929. The molecule has 0 spiro atoms. The summed E-state index contributed by atoms with van der Waals surface area (Å²) in [6.07, 6.45) is 3.75. The molecule has 1 saturated heterocycles. The van der Waals surface area contributed by atoms with Gasteiger partial charge in [-0.3, -0.25) is 4.79 Å². The first kappa shape index (κ1) is 15.4. The van der Waals surface area contributed by atoms with E-state index in [1.54, 1.807) is 0 Å².